The van der Waals surface area contributed by atoms with Gasteiger partial charge in [-0.05, 0) is 0 Å². The summed E-state index contributed by atoms with van der Waals surface area (Å²) in [6.45, 7) is 0. The van der Waals surface area contributed by atoms with E-state index in [0.29, 0.717) is 0 Å². The van der Waals surface area contributed by atoms with Gasteiger partial charge in [0.05, 0.1) is 10.5 Å². The molecule has 0 aromatic heterocycles. The molecule has 0 aliphatic carbocycles. The predicted molar refractivity (Wildman–Crippen MR) is 67.2 cm³/mol. The van der Waals surface area contributed by atoms with Crippen LogP contribution in [-0.4, -0.2) is 25.9 Å². The first kappa shape index (κ1) is 18.5. The Labute approximate surface area is 106 Å². The number of hydrogen-bond acceptors (Lipinski definition) is 4. The first-order valence-electron chi connectivity index (χ1n) is 4.02. The lowest BCUT2D eigenvalue weighted by atomic mass is 10.4. The zero-order valence-corrected chi connectivity index (χ0v) is 10.6. The normalized spacial score (nSPS) is 9.33. The summed E-state index contributed by atoms with van der Waals surface area (Å²) in [6, 6.07) is 12.0. The Bertz CT molecular complexity index is 534. The average molecular weight is 290 g/mol. The van der Waals surface area contributed by atoms with Crippen LogP contribution in [0.1, 0.15) is 0 Å². The standard InChI is InChI=1S/C6H6.2C2H2O3S/c1-2-4-6-5-3-1;2*1-2-6(3,4)5/h1-6H;2*1H,(H,3,4,5). The van der Waals surface area contributed by atoms with Crippen molar-refractivity contribution in [1.29, 1.82) is 0 Å². The molecule has 1 rings (SSSR count). The molecule has 0 radical (unpaired) electrons. The summed E-state index contributed by atoms with van der Waals surface area (Å²) >= 11 is 0. The third-order valence-corrected chi connectivity index (χ3v) is 1.56. The number of hydrogen-bond donors (Lipinski definition) is 2. The fraction of sp³-hybridized carbons (Fsp3) is 0. The Balaban J connectivity index is 0. The molecule has 0 spiro atoms. The molecule has 2 N–H and O–H groups in total. The molecule has 0 saturated carbocycles. The van der Waals surface area contributed by atoms with Gasteiger partial charge in [-0.25, -0.2) is 0 Å². The van der Waals surface area contributed by atoms with Crippen LogP contribution in [0.4, 0.5) is 0 Å². The Hall–Kier alpha value is -1.84. The van der Waals surface area contributed by atoms with Gasteiger partial charge in [0.2, 0.25) is 0 Å². The smallest absolute Gasteiger partial charge is 0.276 e. The molecule has 18 heavy (non-hydrogen) atoms. The molecule has 1 aromatic carbocycles. The topological polar surface area (TPSA) is 109 Å². The molecule has 0 bridgehead atoms. The van der Waals surface area contributed by atoms with Gasteiger partial charge in [0.15, 0.2) is 0 Å². The van der Waals surface area contributed by atoms with E-state index >= 15 is 0 Å². The number of terminal acetylenes is 2. The van der Waals surface area contributed by atoms with Gasteiger partial charge in [0, 0.05) is 0 Å². The molecule has 0 aliphatic rings. The maximum absolute atomic E-state index is 9.32. The highest BCUT2D eigenvalue weighted by Crippen LogP contribution is 1.79. The third kappa shape index (κ3) is 23.8. The Morgan fingerprint density at radius 3 is 0.833 bits per heavy atom. The average Bonchev–Trinajstić information content (AvgIpc) is 2.31. The monoisotopic (exact) mass is 290 g/mol. The maximum Gasteiger partial charge on any atom is 0.335 e. The second-order valence-electron chi connectivity index (χ2n) is 2.34. The van der Waals surface area contributed by atoms with E-state index in [1.165, 1.54) is 0 Å². The second-order valence-corrected chi connectivity index (χ2v) is 4.71. The largest absolute Gasteiger partial charge is 0.335 e. The Morgan fingerprint density at radius 2 is 0.778 bits per heavy atom. The molecule has 0 aliphatic heterocycles. The predicted octanol–water partition coefficient (Wildman–Crippen LogP) is 0.616. The Kier molecular flexibility index (Phi) is 9.48. The molecular formula is C10H10O6S2. The van der Waals surface area contributed by atoms with Crippen LogP contribution in [0.5, 0.6) is 0 Å². The summed E-state index contributed by atoms with van der Waals surface area (Å²) in [5.41, 5.74) is 0. The summed E-state index contributed by atoms with van der Waals surface area (Å²) in [5.74, 6) is 0. The second kappa shape index (κ2) is 9.22. The van der Waals surface area contributed by atoms with Crippen molar-refractivity contribution in [1.82, 2.24) is 0 Å². The van der Waals surface area contributed by atoms with Crippen LogP contribution in [0.2, 0.25) is 0 Å². The van der Waals surface area contributed by atoms with Gasteiger partial charge in [-0.2, -0.15) is 16.8 Å². The summed E-state index contributed by atoms with van der Waals surface area (Å²) in [4.78, 5) is 0. The Morgan fingerprint density at radius 1 is 0.667 bits per heavy atom. The van der Waals surface area contributed by atoms with Gasteiger partial charge in [-0.1, -0.05) is 36.4 Å². The van der Waals surface area contributed by atoms with E-state index < -0.39 is 20.2 Å². The highest BCUT2D eigenvalue weighted by molar-refractivity contribution is 7.90. The number of benzene rings is 1. The zero-order chi connectivity index (χ0) is 14.7. The number of rotatable bonds is 0. The fourth-order valence-electron chi connectivity index (χ4n) is 0.385. The van der Waals surface area contributed by atoms with Crippen LogP contribution in [0, 0.1) is 23.4 Å². The van der Waals surface area contributed by atoms with E-state index in [2.05, 4.69) is 12.8 Å². The highest BCUT2D eigenvalue weighted by Gasteiger charge is 1.89. The lowest BCUT2D eigenvalue weighted by Gasteiger charge is -1.69. The minimum Gasteiger partial charge on any atom is -0.276 e. The summed E-state index contributed by atoms with van der Waals surface area (Å²) in [7, 11) is -8.27. The minimum absolute atomic E-state index is 1.13. The zero-order valence-electron chi connectivity index (χ0n) is 8.96. The van der Waals surface area contributed by atoms with E-state index in [-0.39, 0.29) is 0 Å². The van der Waals surface area contributed by atoms with E-state index in [1.807, 2.05) is 36.4 Å². The minimum atomic E-state index is -4.13. The van der Waals surface area contributed by atoms with Crippen molar-refractivity contribution in [3.63, 3.8) is 0 Å². The molecule has 0 saturated heterocycles. The van der Waals surface area contributed by atoms with Crippen LogP contribution in [0.25, 0.3) is 0 Å². The molecule has 98 valence electrons. The van der Waals surface area contributed by atoms with Gasteiger partial charge in [0.25, 0.3) is 0 Å². The van der Waals surface area contributed by atoms with Crippen molar-refractivity contribution in [2.75, 3.05) is 0 Å². The summed E-state index contributed by atoms with van der Waals surface area (Å²) in [5, 5.41) is 2.26. The van der Waals surface area contributed by atoms with E-state index in [4.69, 9.17) is 9.11 Å². The third-order valence-electron chi connectivity index (χ3n) is 0.965. The molecular weight excluding hydrogens is 280 g/mol. The molecule has 0 heterocycles. The van der Waals surface area contributed by atoms with Crippen LogP contribution < -0.4 is 0 Å². The van der Waals surface area contributed by atoms with Crippen LogP contribution in [0.15, 0.2) is 36.4 Å². The van der Waals surface area contributed by atoms with Gasteiger partial charge < -0.3 is 0 Å². The van der Waals surface area contributed by atoms with Crippen LogP contribution in [-0.2, 0) is 20.2 Å². The van der Waals surface area contributed by atoms with Crippen molar-refractivity contribution in [3.8, 4) is 23.4 Å². The lowest BCUT2D eigenvalue weighted by molar-refractivity contribution is 0.494. The van der Waals surface area contributed by atoms with Crippen molar-refractivity contribution in [3.05, 3.63) is 36.4 Å². The first-order valence-corrected chi connectivity index (χ1v) is 6.90. The molecule has 0 unspecified atom stereocenters. The van der Waals surface area contributed by atoms with Crippen LogP contribution >= 0.6 is 0 Å². The van der Waals surface area contributed by atoms with Crippen molar-refractivity contribution in [2.45, 2.75) is 0 Å². The summed E-state index contributed by atoms with van der Waals surface area (Å²) in [6.07, 6.45) is 8.44. The van der Waals surface area contributed by atoms with Crippen LogP contribution in [0.3, 0.4) is 0 Å². The van der Waals surface area contributed by atoms with E-state index in [9.17, 15) is 16.8 Å². The highest BCUT2D eigenvalue weighted by atomic mass is 32.2. The molecule has 0 atom stereocenters. The lowest BCUT2D eigenvalue weighted by Crippen LogP contribution is -1.87. The fourth-order valence-corrected chi connectivity index (χ4v) is 0.385. The van der Waals surface area contributed by atoms with Gasteiger partial charge in [0.1, 0.15) is 0 Å². The summed E-state index contributed by atoms with van der Waals surface area (Å²) < 4.78 is 52.4. The van der Waals surface area contributed by atoms with E-state index in [0.717, 1.165) is 10.5 Å². The molecule has 1 aromatic rings. The van der Waals surface area contributed by atoms with Crippen molar-refractivity contribution < 1.29 is 25.9 Å². The van der Waals surface area contributed by atoms with Crippen molar-refractivity contribution >= 4 is 20.2 Å². The molecule has 6 nitrogen and oxygen atoms in total. The van der Waals surface area contributed by atoms with Gasteiger partial charge in [-0.15, -0.1) is 12.8 Å². The SMILES string of the molecule is C#CS(=O)(=O)O.C#CS(=O)(=O)O.c1ccccc1. The molecule has 8 heteroatoms. The molecule has 0 fully saturated rings. The first-order chi connectivity index (χ1) is 8.12. The molecule has 0 amide bonds. The maximum atomic E-state index is 9.32. The van der Waals surface area contributed by atoms with E-state index in [1.54, 1.807) is 0 Å². The van der Waals surface area contributed by atoms with Crippen molar-refractivity contribution in [2.24, 2.45) is 0 Å². The quantitative estimate of drug-likeness (QED) is 0.535. The van der Waals surface area contributed by atoms with Gasteiger partial charge >= 0.3 is 20.2 Å². The van der Waals surface area contributed by atoms with Gasteiger partial charge in [-0.3, -0.25) is 9.11 Å².